The highest BCUT2D eigenvalue weighted by Crippen LogP contribution is 2.23. The van der Waals surface area contributed by atoms with E-state index in [1.165, 1.54) is 5.56 Å². The van der Waals surface area contributed by atoms with Crippen molar-refractivity contribution in [2.24, 2.45) is 10.4 Å². The Morgan fingerprint density at radius 1 is 1.31 bits per heavy atom. The minimum Gasteiger partial charge on any atom is -0.375 e. The van der Waals surface area contributed by atoms with Crippen LogP contribution >= 0.6 is 35.3 Å². The van der Waals surface area contributed by atoms with Crippen molar-refractivity contribution in [1.29, 1.82) is 0 Å². The van der Waals surface area contributed by atoms with Gasteiger partial charge >= 0.3 is 0 Å². The lowest BCUT2D eigenvalue weighted by Gasteiger charge is -2.26. The first-order valence-electron chi connectivity index (χ1n) is 9.85. The molecule has 1 atom stereocenters. The molecule has 1 unspecified atom stereocenters. The third-order valence-corrected chi connectivity index (χ3v) is 5.60. The highest BCUT2D eigenvalue weighted by atomic mass is 127. The van der Waals surface area contributed by atoms with E-state index in [9.17, 15) is 0 Å². The Labute approximate surface area is 197 Å². The molecule has 162 valence electrons. The number of aromatic nitrogens is 1. The number of nitrogens with zero attached hydrogens (tertiary/aromatic N) is 3. The molecule has 2 aromatic rings. The van der Waals surface area contributed by atoms with Crippen molar-refractivity contribution in [2.75, 3.05) is 27.2 Å². The Morgan fingerprint density at radius 2 is 2.00 bits per heavy atom. The number of aliphatic imine (C=N–C) groups is 1. The molecule has 29 heavy (non-hydrogen) atoms. The van der Waals surface area contributed by atoms with Crippen LogP contribution < -0.4 is 5.32 Å². The van der Waals surface area contributed by atoms with Crippen molar-refractivity contribution in [1.82, 2.24) is 15.2 Å². The van der Waals surface area contributed by atoms with E-state index in [-0.39, 0.29) is 35.5 Å². The SMILES string of the molecule is CCNC(=NCC(C)(C)Cc1ccccc1)N(C)Cc1csc(C(C)OC)n1.I. The van der Waals surface area contributed by atoms with Crippen LogP contribution in [0.4, 0.5) is 0 Å². The summed E-state index contributed by atoms with van der Waals surface area (Å²) in [6.07, 6.45) is 1.04. The van der Waals surface area contributed by atoms with Gasteiger partial charge in [-0.3, -0.25) is 4.99 Å². The lowest BCUT2D eigenvalue weighted by molar-refractivity contribution is 0.119. The van der Waals surface area contributed by atoms with Crippen LogP contribution in [0.3, 0.4) is 0 Å². The van der Waals surface area contributed by atoms with Gasteiger partial charge in [-0.05, 0) is 31.2 Å². The summed E-state index contributed by atoms with van der Waals surface area (Å²) in [5, 5.41) is 6.52. The third kappa shape index (κ3) is 8.60. The van der Waals surface area contributed by atoms with Crippen molar-refractivity contribution in [3.8, 4) is 0 Å². The van der Waals surface area contributed by atoms with Gasteiger partial charge in [-0.15, -0.1) is 35.3 Å². The molecule has 1 heterocycles. The number of hydrogen-bond donors (Lipinski definition) is 1. The molecule has 0 amide bonds. The number of methoxy groups -OCH3 is 1. The van der Waals surface area contributed by atoms with Crippen LogP contribution in [0.1, 0.15) is 50.1 Å². The van der Waals surface area contributed by atoms with Crippen LogP contribution in [0.15, 0.2) is 40.7 Å². The summed E-state index contributed by atoms with van der Waals surface area (Å²) in [5.74, 6) is 0.915. The molecule has 0 saturated carbocycles. The first kappa shape index (κ1) is 25.8. The van der Waals surface area contributed by atoms with Gasteiger partial charge in [0.1, 0.15) is 11.1 Å². The average Bonchev–Trinajstić information content (AvgIpc) is 3.13. The van der Waals surface area contributed by atoms with E-state index >= 15 is 0 Å². The van der Waals surface area contributed by atoms with Crippen molar-refractivity contribution < 1.29 is 4.74 Å². The van der Waals surface area contributed by atoms with Crippen LogP contribution in [-0.2, 0) is 17.7 Å². The molecule has 0 bridgehead atoms. The standard InChI is InChI=1S/C22H34N4OS.HI/c1-7-23-21(24-16-22(3,4)13-18-11-9-8-10-12-18)26(5)14-19-15-28-20(25-19)17(2)27-6;/h8-12,15,17H,7,13-14,16H2,1-6H3,(H,23,24);1H. The highest BCUT2D eigenvalue weighted by Gasteiger charge is 2.19. The Kier molecular flexibility index (Phi) is 11.1. The monoisotopic (exact) mass is 530 g/mol. The second kappa shape index (κ2) is 12.5. The Morgan fingerprint density at radius 3 is 2.62 bits per heavy atom. The Bertz CT molecular complexity index is 748. The van der Waals surface area contributed by atoms with E-state index < -0.39 is 0 Å². The predicted molar refractivity (Wildman–Crippen MR) is 134 cm³/mol. The van der Waals surface area contributed by atoms with Crippen LogP contribution in [0.5, 0.6) is 0 Å². The lowest BCUT2D eigenvalue weighted by atomic mass is 9.86. The minimum absolute atomic E-state index is 0. The molecule has 1 aromatic heterocycles. The maximum atomic E-state index is 5.36. The largest absolute Gasteiger partial charge is 0.375 e. The molecular formula is C22H35IN4OS. The number of ether oxygens (including phenoxy) is 1. The zero-order valence-electron chi connectivity index (χ0n) is 18.4. The van der Waals surface area contributed by atoms with E-state index in [0.717, 1.165) is 42.7 Å². The van der Waals surface area contributed by atoms with Crippen molar-refractivity contribution in [3.63, 3.8) is 0 Å². The summed E-state index contributed by atoms with van der Waals surface area (Å²) in [5.41, 5.74) is 2.48. The molecule has 5 nitrogen and oxygen atoms in total. The van der Waals surface area contributed by atoms with Crippen molar-refractivity contribution in [2.45, 2.75) is 46.8 Å². The van der Waals surface area contributed by atoms with Crippen LogP contribution in [0, 0.1) is 5.41 Å². The first-order chi connectivity index (χ1) is 13.3. The van der Waals surface area contributed by atoms with Crippen molar-refractivity contribution >= 4 is 41.3 Å². The summed E-state index contributed by atoms with van der Waals surface area (Å²) >= 11 is 1.65. The molecule has 2 rings (SSSR count). The zero-order chi connectivity index (χ0) is 20.6. The Balaban J connectivity index is 0.00000420. The Hall–Kier alpha value is -1.19. The van der Waals surface area contributed by atoms with Crippen LogP contribution in [0.2, 0.25) is 0 Å². The van der Waals surface area contributed by atoms with Gasteiger partial charge in [-0.25, -0.2) is 4.98 Å². The molecule has 0 fully saturated rings. The predicted octanol–water partition coefficient (Wildman–Crippen LogP) is 5.13. The van der Waals surface area contributed by atoms with E-state index in [2.05, 4.69) is 73.7 Å². The molecule has 7 heteroatoms. The normalized spacial score (nSPS) is 13.0. The van der Waals surface area contributed by atoms with E-state index in [4.69, 9.17) is 14.7 Å². The van der Waals surface area contributed by atoms with Gasteiger partial charge in [0.05, 0.1) is 12.2 Å². The smallest absolute Gasteiger partial charge is 0.194 e. The van der Waals surface area contributed by atoms with Gasteiger partial charge < -0.3 is 15.0 Å². The molecule has 0 aliphatic heterocycles. The number of rotatable bonds is 9. The van der Waals surface area contributed by atoms with Gasteiger partial charge in [-0.2, -0.15) is 0 Å². The summed E-state index contributed by atoms with van der Waals surface area (Å²) < 4.78 is 5.36. The van der Waals surface area contributed by atoms with Crippen LogP contribution in [0.25, 0.3) is 0 Å². The van der Waals surface area contributed by atoms with Gasteiger partial charge in [0.2, 0.25) is 0 Å². The number of benzene rings is 1. The molecule has 0 spiro atoms. The number of halogens is 1. The zero-order valence-corrected chi connectivity index (χ0v) is 21.6. The number of guanidine groups is 1. The maximum absolute atomic E-state index is 5.36. The number of hydrogen-bond acceptors (Lipinski definition) is 4. The fourth-order valence-corrected chi connectivity index (χ4v) is 3.81. The van der Waals surface area contributed by atoms with Gasteiger partial charge in [0, 0.05) is 32.6 Å². The van der Waals surface area contributed by atoms with E-state index in [1.807, 2.05) is 6.92 Å². The molecule has 0 radical (unpaired) electrons. The van der Waals surface area contributed by atoms with Crippen LogP contribution in [-0.4, -0.2) is 43.1 Å². The first-order valence-corrected chi connectivity index (χ1v) is 10.7. The maximum Gasteiger partial charge on any atom is 0.194 e. The summed E-state index contributed by atoms with van der Waals surface area (Å²) in [6, 6.07) is 10.6. The lowest BCUT2D eigenvalue weighted by Crippen LogP contribution is -2.39. The molecule has 0 aliphatic rings. The molecular weight excluding hydrogens is 495 g/mol. The fraction of sp³-hybridized carbons (Fsp3) is 0.545. The van der Waals surface area contributed by atoms with Crippen molar-refractivity contribution in [3.05, 3.63) is 52.0 Å². The molecule has 1 aromatic carbocycles. The number of thiazole rings is 1. The molecule has 1 N–H and O–H groups in total. The topological polar surface area (TPSA) is 49.8 Å². The summed E-state index contributed by atoms with van der Waals surface area (Å²) in [4.78, 5) is 11.8. The van der Waals surface area contributed by atoms with Gasteiger partial charge in [0.15, 0.2) is 5.96 Å². The van der Waals surface area contributed by atoms with Gasteiger partial charge in [-0.1, -0.05) is 44.2 Å². The summed E-state index contributed by atoms with van der Waals surface area (Å²) in [7, 11) is 3.77. The summed E-state index contributed by atoms with van der Waals surface area (Å²) in [6.45, 7) is 11.0. The third-order valence-electron chi connectivity index (χ3n) is 4.55. The fourth-order valence-electron chi connectivity index (χ4n) is 2.96. The second-order valence-electron chi connectivity index (χ2n) is 7.91. The number of nitrogens with one attached hydrogen (secondary N) is 1. The highest BCUT2D eigenvalue weighted by molar-refractivity contribution is 14.0. The van der Waals surface area contributed by atoms with E-state index in [1.54, 1.807) is 18.4 Å². The van der Waals surface area contributed by atoms with E-state index in [0.29, 0.717) is 0 Å². The quantitative estimate of drug-likeness (QED) is 0.277. The molecule has 0 saturated heterocycles. The minimum atomic E-state index is 0. The molecule has 0 aliphatic carbocycles. The average molecular weight is 531 g/mol. The second-order valence-corrected chi connectivity index (χ2v) is 8.80. The van der Waals surface area contributed by atoms with Gasteiger partial charge in [0.25, 0.3) is 0 Å².